The Hall–Kier alpha value is -1.87. The molecule has 0 bridgehead atoms. The minimum atomic E-state index is -1.30. The molecule has 1 aliphatic heterocycles. The average molecular weight is 447 g/mol. The first-order valence-electron chi connectivity index (χ1n) is 9.19. The van der Waals surface area contributed by atoms with E-state index in [1.807, 2.05) is 16.5 Å². The van der Waals surface area contributed by atoms with E-state index in [4.69, 9.17) is 5.73 Å². The summed E-state index contributed by atoms with van der Waals surface area (Å²) in [5.74, 6) is -1.82. The Morgan fingerprint density at radius 3 is 2.38 bits per heavy atom. The Morgan fingerprint density at radius 2 is 1.86 bits per heavy atom. The number of anilines is 1. The maximum absolute atomic E-state index is 15.3. The lowest BCUT2D eigenvalue weighted by Crippen LogP contribution is -2.45. The van der Waals surface area contributed by atoms with Gasteiger partial charge >= 0.3 is 5.97 Å². The van der Waals surface area contributed by atoms with Crippen LogP contribution >= 0.6 is 24.8 Å². The Labute approximate surface area is 180 Å². The fourth-order valence-electron chi connectivity index (χ4n) is 3.82. The van der Waals surface area contributed by atoms with E-state index >= 15 is 4.39 Å². The van der Waals surface area contributed by atoms with Crippen molar-refractivity contribution in [3.63, 3.8) is 0 Å². The van der Waals surface area contributed by atoms with Gasteiger partial charge in [-0.3, -0.25) is 4.79 Å². The summed E-state index contributed by atoms with van der Waals surface area (Å²) in [6.45, 7) is 2.85. The summed E-state index contributed by atoms with van der Waals surface area (Å²) >= 11 is 0. The van der Waals surface area contributed by atoms with Crippen LogP contribution in [0.4, 0.5) is 10.1 Å². The van der Waals surface area contributed by atoms with E-state index in [0.717, 1.165) is 25.9 Å². The number of carbonyl (C=O) groups is 1. The van der Waals surface area contributed by atoms with Crippen LogP contribution in [0.1, 0.15) is 34.8 Å². The van der Waals surface area contributed by atoms with Gasteiger partial charge in [-0.05, 0) is 26.0 Å². The molecule has 1 aromatic heterocycles. The first-order valence-corrected chi connectivity index (χ1v) is 9.19. The Balaban J connectivity index is 0.00000150. The summed E-state index contributed by atoms with van der Waals surface area (Å²) in [4.78, 5) is 28.5. The fraction of sp³-hybridized carbons (Fsp3) is 0.474. The average Bonchev–Trinajstić information content (AvgIpc) is 3.47. The molecule has 1 saturated heterocycles. The van der Waals surface area contributed by atoms with Gasteiger partial charge in [0.05, 0.1) is 16.6 Å². The highest BCUT2D eigenvalue weighted by molar-refractivity contribution is 5.95. The minimum absolute atomic E-state index is 0. The standard InChI is InChI=1S/C19H23FN4O3.2ClH/c1-22-4-6-23(7-5-22)15-8-14-16(12(9-21)17(15)20)18(25)13(19(26)27)10-24(14)11-2-3-11;;/h8,10-11H,2-7,9,21H2,1H3,(H,26,27);2*1H. The van der Waals surface area contributed by atoms with E-state index in [2.05, 4.69) is 4.90 Å². The van der Waals surface area contributed by atoms with Gasteiger partial charge in [-0.2, -0.15) is 0 Å². The van der Waals surface area contributed by atoms with E-state index in [1.54, 1.807) is 6.07 Å². The summed E-state index contributed by atoms with van der Waals surface area (Å²) in [7, 11) is 2.03. The van der Waals surface area contributed by atoms with Crippen molar-refractivity contribution < 1.29 is 14.3 Å². The number of likely N-dealkylation sites (N-methyl/N-ethyl adjacent to an activating group) is 1. The number of nitrogens with zero attached hydrogens (tertiary/aromatic N) is 3. The lowest BCUT2D eigenvalue weighted by atomic mass is 10.0. The first-order chi connectivity index (χ1) is 12.9. The zero-order chi connectivity index (χ0) is 19.3. The first kappa shape index (κ1) is 23.4. The van der Waals surface area contributed by atoms with E-state index in [9.17, 15) is 14.7 Å². The normalized spacial score (nSPS) is 17.0. The number of hydrogen-bond donors (Lipinski definition) is 2. The van der Waals surface area contributed by atoms with Gasteiger partial charge in [-0.15, -0.1) is 24.8 Å². The van der Waals surface area contributed by atoms with Crippen molar-refractivity contribution in [2.75, 3.05) is 38.1 Å². The van der Waals surface area contributed by atoms with E-state index < -0.39 is 17.2 Å². The van der Waals surface area contributed by atoms with Gasteiger partial charge in [0.15, 0.2) is 5.82 Å². The van der Waals surface area contributed by atoms with Crippen molar-refractivity contribution in [1.82, 2.24) is 9.47 Å². The number of halogens is 3. The van der Waals surface area contributed by atoms with Crippen LogP contribution in [0.15, 0.2) is 17.1 Å². The number of aromatic carboxylic acids is 1. The van der Waals surface area contributed by atoms with Crippen molar-refractivity contribution in [3.05, 3.63) is 39.4 Å². The number of carboxylic acid groups (broad SMARTS) is 1. The molecule has 0 radical (unpaired) electrons. The highest BCUT2D eigenvalue weighted by Gasteiger charge is 2.30. The van der Waals surface area contributed by atoms with Gasteiger partial charge in [0.25, 0.3) is 0 Å². The van der Waals surface area contributed by atoms with Gasteiger partial charge in [0.1, 0.15) is 5.56 Å². The fourth-order valence-corrected chi connectivity index (χ4v) is 3.82. The van der Waals surface area contributed by atoms with Crippen molar-refractivity contribution in [1.29, 1.82) is 0 Å². The number of benzene rings is 1. The second-order valence-electron chi connectivity index (χ2n) is 7.39. The highest BCUT2D eigenvalue weighted by Crippen LogP contribution is 2.39. The molecule has 1 aliphatic carbocycles. The van der Waals surface area contributed by atoms with Crippen LogP contribution < -0.4 is 16.1 Å². The minimum Gasteiger partial charge on any atom is -0.477 e. The molecule has 29 heavy (non-hydrogen) atoms. The number of piperazine rings is 1. The maximum Gasteiger partial charge on any atom is 0.341 e. The van der Waals surface area contributed by atoms with Gasteiger partial charge in [0, 0.05) is 50.5 Å². The lowest BCUT2D eigenvalue weighted by Gasteiger charge is -2.34. The van der Waals surface area contributed by atoms with Gasteiger partial charge < -0.3 is 25.2 Å². The van der Waals surface area contributed by atoms with Crippen LogP contribution in [-0.2, 0) is 6.54 Å². The third kappa shape index (κ3) is 4.07. The Kier molecular flexibility index (Phi) is 7.16. The number of pyridine rings is 1. The Bertz CT molecular complexity index is 986. The van der Waals surface area contributed by atoms with Crippen LogP contribution in [0.3, 0.4) is 0 Å². The highest BCUT2D eigenvalue weighted by atomic mass is 35.5. The van der Waals surface area contributed by atoms with Crippen LogP contribution in [-0.4, -0.2) is 53.8 Å². The maximum atomic E-state index is 15.3. The predicted octanol–water partition coefficient (Wildman–Crippen LogP) is 2.23. The second-order valence-corrected chi connectivity index (χ2v) is 7.39. The van der Waals surface area contributed by atoms with Crippen LogP contribution in [0, 0.1) is 5.82 Å². The Morgan fingerprint density at radius 1 is 1.24 bits per heavy atom. The van der Waals surface area contributed by atoms with Crippen molar-refractivity contribution in [2.45, 2.75) is 25.4 Å². The number of rotatable bonds is 4. The molecule has 0 atom stereocenters. The molecular formula is C19H25Cl2FN4O3. The smallest absolute Gasteiger partial charge is 0.341 e. The predicted molar refractivity (Wildman–Crippen MR) is 115 cm³/mol. The summed E-state index contributed by atoms with van der Waals surface area (Å²) in [5, 5.41) is 9.51. The number of carboxylic acids is 1. The van der Waals surface area contributed by atoms with Crippen molar-refractivity contribution in [2.24, 2.45) is 5.73 Å². The van der Waals surface area contributed by atoms with E-state index in [-0.39, 0.29) is 53.9 Å². The summed E-state index contributed by atoms with van der Waals surface area (Å²) in [5.41, 5.74) is 5.92. The zero-order valence-corrected chi connectivity index (χ0v) is 17.7. The van der Waals surface area contributed by atoms with E-state index in [0.29, 0.717) is 24.3 Å². The molecule has 2 aliphatic rings. The molecule has 2 fully saturated rings. The van der Waals surface area contributed by atoms with E-state index in [1.165, 1.54) is 6.20 Å². The molecular weight excluding hydrogens is 422 g/mol. The SMILES string of the molecule is CN1CCN(c2cc3c(c(CN)c2F)c(=O)c(C(=O)O)cn3C2CC2)CC1.Cl.Cl. The molecule has 10 heteroatoms. The molecule has 160 valence electrons. The summed E-state index contributed by atoms with van der Waals surface area (Å²) < 4.78 is 17.1. The quantitative estimate of drug-likeness (QED) is 0.747. The number of nitrogens with two attached hydrogens (primary N) is 1. The largest absolute Gasteiger partial charge is 0.477 e. The molecule has 0 unspecified atom stereocenters. The molecule has 2 heterocycles. The zero-order valence-electron chi connectivity index (χ0n) is 16.1. The third-order valence-corrected chi connectivity index (χ3v) is 5.56. The topological polar surface area (TPSA) is 91.8 Å². The molecule has 0 spiro atoms. The summed E-state index contributed by atoms with van der Waals surface area (Å²) in [6, 6.07) is 1.84. The lowest BCUT2D eigenvalue weighted by molar-refractivity contribution is 0.0695. The van der Waals surface area contributed by atoms with Crippen LogP contribution in [0.5, 0.6) is 0 Å². The monoisotopic (exact) mass is 446 g/mol. The number of hydrogen-bond acceptors (Lipinski definition) is 5. The van der Waals surface area contributed by atoms with Gasteiger partial charge in [-0.25, -0.2) is 9.18 Å². The molecule has 1 aromatic carbocycles. The van der Waals surface area contributed by atoms with Crippen molar-refractivity contribution >= 4 is 47.4 Å². The van der Waals surface area contributed by atoms with Crippen LogP contribution in [0.2, 0.25) is 0 Å². The number of aromatic nitrogens is 1. The second kappa shape index (κ2) is 8.87. The van der Waals surface area contributed by atoms with Crippen LogP contribution in [0.25, 0.3) is 10.9 Å². The third-order valence-electron chi connectivity index (χ3n) is 5.56. The molecule has 2 aromatic rings. The molecule has 3 N–H and O–H groups in total. The molecule has 7 nitrogen and oxygen atoms in total. The molecule has 4 rings (SSSR count). The van der Waals surface area contributed by atoms with Crippen molar-refractivity contribution in [3.8, 4) is 0 Å². The van der Waals surface area contributed by atoms with Gasteiger partial charge in [-0.1, -0.05) is 0 Å². The molecule has 0 amide bonds. The number of fused-ring (bicyclic) bond motifs is 1. The molecule has 1 saturated carbocycles. The summed E-state index contributed by atoms with van der Waals surface area (Å²) in [6.07, 6.45) is 3.23. The van der Waals surface area contributed by atoms with Gasteiger partial charge in [0.2, 0.25) is 5.43 Å².